The third kappa shape index (κ3) is 3.10. The number of amides is 3. The summed E-state index contributed by atoms with van der Waals surface area (Å²) in [5.74, 6) is -0.0867. The van der Waals surface area contributed by atoms with Crippen LogP contribution in [0.25, 0.3) is 0 Å². The van der Waals surface area contributed by atoms with Gasteiger partial charge in [0.15, 0.2) is 5.78 Å². The van der Waals surface area contributed by atoms with Crippen LogP contribution in [0.4, 0.5) is 4.79 Å². The number of hydrogen-bond donors (Lipinski definition) is 1. The highest BCUT2D eigenvalue weighted by molar-refractivity contribution is 6.11. The lowest BCUT2D eigenvalue weighted by Crippen LogP contribution is -2.41. The van der Waals surface area contributed by atoms with Crippen molar-refractivity contribution in [1.29, 1.82) is 0 Å². The molecule has 0 radical (unpaired) electrons. The highest BCUT2D eigenvalue weighted by atomic mass is 16.5. The smallest absolute Gasteiger partial charge is 0.325 e. The van der Waals surface area contributed by atoms with Crippen LogP contribution in [0.1, 0.15) is 53.1 Å². The van der Waals surface area contributed by atoms with E-state index in [0.717, 1.165) is 29.1 Å². The second-order valence-electron chi connectivity index (χ2n) is 7.99. The van der Waals surface area contributed by atoms with Gasteiger partial charge in [0.2, 0.25) is 0 Å². The SMILES string of the molecule is COc1cccc([C@@]2(C)NC(=O)N(CC(=O)c3cc(C)n(C4CC4)c3C)C2=O)c1. The fraction of sp³-hybridized carbons (Fsp3) is 0.409. The van der Waals surface area contributed by atoms with Gasteiger partial charge >= 0.3 is 6.03 Å². The maximum atomic E-state index is 13.1. The first kappa shape index (κ1) is 19.2. The van der Waals surface area contributed by atoms with Crippen LogP contribution in [0.5, 0.6) is 5.75 Å². The van der Waals surface area contributed by atoms with Gasteiger partial charge < -0.3 is 14.6 Å². The van der Waals surface area contributed by atoms with E-state index in [2.05, 4.69) is 9.88 Å². The number of imide groups is 1. The van der Waals surface area contributed by atoms with Gasteiger partial charge in [0.05, 0.1) is 13.7 Å². The van der Waals surface area contributed by atoms with Gasteiger partial charge in [-0.05, 0) is 57.4 Å². The molecule has 152 valence electrons. The molecule has 0 bridgehead atoms. The van der Waals surface area contributed by atoms with Crippen molar-refractivity contribution in [2.24, 2.45) is 0 Å². The Kier molecular flexibility index (Phi) is 4.48. The fourth-order valence-corrected chi connectivity index (χ4v) is 4.15. The maximum absolute atomic E-state index is 13.1. The standard InChI is InChI=1S/C22H25N3O4/c1-13-10-18(14(2)25(13)16-8-9-16)19(26)12-24-20(27)22(3,23-21(24)28)15-6-5-7-17(11-15)29-4/h5-7,10-11,16H,8-9,12H2,1-4H3,(H,23,28)/t22-/m1/s1. The Labute approximate surface area is 169 Å². The summed E-state index contributed by atoms with van der Waals surface area (Å²) in [7, 11) is 1.54. The first-order chi connectivity index (χ1) is 13.8. The van der Waals surface area contributed by atoms with Crippen molar-refractivity contribution in [3.05, 3.63) is 52.8 Å². The summed E-state index contributed by atoms with van der Waals surface area (Å²) < 4.78 is 7.41. The van der Waals surface area contributed by atoms with E-state index in [9.17, 15) is 14.4 Å². The molecule has 1 saturated carbocycles. The van der Waals surface area contributed by atoms with Crippen LogP contribution >= 0.6 is 0 Å². The Morgan fingerprint density at radius 3 is 2.62 bits per heavy atom. The van der Waals surface area contributed by atoms with Gasteiger partial charge in [-0.2, -0.15) is 0 Å². The summed E-state index contributed by atoms with van der Waals surface area (Å²) in [6, 6.07) is 8.76. The average Bonchev–Trinajstić information content (AvgIpc) is 3.45. The van der Waals surface area contributed by atoms with Crippen LogP contribution < -0.4 is 10.1 Å². The molecule has 1 aliphatic carbocycles. The van der Waals surface area contributed by atoms with E-state index in [4.69, 9.17) is 4.74 Å². The zero-order valence-corrected chi connectivity index (χ0v) is 17.1. The molecule has 1 atom stereocenters. The summed E-state index contributed by atoms with van der Waals surface area (Å²) in [6.07, 6.45) is 2.24. The first-order valence-electron chi connectivity index (χ1n) is 9.76. The molecule has 2 aromatic rings. The molecular formula is C22H25N3O4. The Morgan fingerprint density at radius 2 is 1.97 bits per heavy atom. The number of urea groups is 1. The van der Waals surface area contributed by atoms with Crippen LogP contribution in [0.3, 0.4) is 0 Å². The molecule has 2 fully saturated rings. The predicted octanol–water partition coefficient (Wildman–Crippen LogP) is 3.10. The molecule has 1 aromatic carbocycles. The lowest BCUT2D eigenvalue weighted by atomic mass is 9.92. The van der Waals surface area contributed by atoms with Gasteiger partial charge in [0.25, 0.3) is 5.91 Å². The molecule has 1 N–H and O–H groups in total. The number of ketones is 1. The summed E-state index contributed by atoms with van der Waals surface area (Å²) in [5.41, 5.74) is 1.88. The van der Waals surface area contributed by atoms with Crippen molar-refractivity contribution in [2.75, 3.05) is 13.7 Å². The lowest BCUT2D eigenvalue weighted by Gasteiger charge is -2.22. The van der Waals surface area contributed by atoms with E-state index in [1.807, 2.05) is 19.9 Å². The van der Waals surface area contributed by atoms with Crippen LogP contribution in [-0.2, 0) is 10.3 Å². The van der Waals surface area contributed by atoms with Gasteiger partial charge in [0, 0.05) is 23.0 Å². The maximum Gasteiger partial charge on any atom is 0.325 e. The molecular weight excluding hydrogens is 370 g/mol. The van der Waals surface area contributed by atoms with E-state index in [0.29, 0.717) is 22.9 Å². The van der Waals surface area contributed by atoms with Crippen LogP contribution in [0.2, 0.25) is 0 Å². The molecule has 1 aromatic heterocycles. The topological polar surface area (TPSA) is 80.6 Å². The van der Waals surface area contributed by atoms with E-state index in [-0.39, 0.29) is 12.3 Å². The molecule has 1 aliphatic heterocycles. The number of aryl methyl sites for hydroxylation is 1. The average molecular weight is 395 g/mol. The minimum absolute atomic E-state index is 0.233. The van der Waals surface area contributed by atoms with E-state index < -0.39 is 17.5 Å². The molecule has 4 rings (SSSR count). The fourth-order valence-electron chi connectivity index (χ4n) is 4.15. The number of methoxy groups -OCH3 is 1. The molecule has 7 nitrogen and oxygen atoms in total. The summed E-state index contributed by atoms with van der Waals surface area (Å²) in [6.45, 7) is 5.27. The largest absolute Gasteiger partial charge is 0.497 e. The normalized spacial score (nSPS) is 21.4. The Morgan fingerprint density at radius 1 is 1.24 bits per heavy atom. The molecule has 2 aliphatic rings. The predicted molar refractivity (Wildman–Crippen MR) is 107 cm³/mol. The molecule has 0 spiro atoms. The molecule has 29 heavy (non-hydrogen) atoms. The molecule has 3 amide bonds. The minimum Gasteiger partial charge on any atom is -0.497 e. The van der Waals surface area contributed by atoms with E-state index >= 15 is 0 Å². The van der Waals surface area contributed by atoms with Gasteiger partial charge in [0.1, 0.15) is 11.3 Å². The number of aromatic nitrogens is 1. The van der Waals surface area contributed by atoms with Gasteiger partial charge in [-0.3, -0.25) is 14.5 Å². The van der Waals surface area contributed by atoms with Crippen molar-refractivity contribution < 1.29 is 19.1 Å². The molecule has 0 unspecified atom stereocenters. The zero-order valence-electron chi connectivity index (χ0n) is 17.1. The van der Waals surface area contributed by atoms with Gasteiger partial charge in [-0.15, -0.1) is 0 Å². The monoisotopic (exact) mass is 395 g/mol. The van der Waals surface area contributed by atoms with Crippen LogP contribution in [0.15, 0.2) is 30.3 Å². The van der Waals surface area contributed by atoms with E-state index in [1.165, 1.54) is 0 Å². The Balaban J connectivity index is 1.58. The number of carbonyl (C=O) groups excluding carboxylic acids is 3. The second kappa shape index (κ2) is 6.76. The Hall–Kier alpha value is -3.09. The van der Waals surface area contributed by atoms with Crippen LogP contribution in [-0.4, -0.2) is 40.8 Å². The molecule has 1 saturated heterocycles. The number of nitrogens with one attached hydrogen (secondary N) is 1. The number of benzene rings is 1. The van der Waals surface area contributed by atoms with Crippen molar-refractivity contribution >= 4 is 17.7 Å². The quantitative estimate of drug-likeness (QED) is 0.602. The number of Topliss-reactive ketones (excluding diaryl/α,β-unsaturated/α-hetero) is 1. The van der Waals surface area contributed by atoms with Crippen molar-refractivity contribution in [2.45, 2.75) is 45.2 Å². The highest BCUT2D eigenvalue weighted by Crippen LogP contribution is 2.38. The Bertz CT molecular complexity index is 1020. The van der Waals surface area contributed by atoms with Crippen LogP contribution in [0, 0.1) is 13.8 Å². The second-order valence-corrected chi connectivity index (χ2v) is 7.99. The lowest BCUT2D eigenvalue weighted by molar-refractivity contribution is -0.130. The van der Waals surface area contributed by atoms with Crippen molar-refractivity contribution in [3.8, 4) is 5.75 Å². The van der Waals surface area contributed by atoms with Gasteiger partial charge in [-0.25, -0.2) is 4.79 Å². The summed E-state index contributed by atoms with van der Waals surface area (Å²) in [4.78, 5) is 39.7. The summed E-state index contributed by atoms with van der Waals surface area (Å²) in [5, 5.41) is 2.74. The number of hydrogen-bond acceptors (Lipinski definition) is 4. The van der Waals surface area contributed by atoms with E-state index in [1.54, 1.807) is 38.3 Å². The number of rotatable bonds is 6. The zero-order chi connectivity index (χ0) is 20.9. The number of nitrogens with zero attached hydrogens (tertiary/aromatic N) is 2. The first-order valence-corrected chi connectivity index (χ1v) is 9.76. The van der Waals surface area contributed by atoms with Crippen molar-refractivity contribution in [1.82, 2.24) is 14.8 Å². The minimum atomic E-state index is -1.24. The third-order valence-corrected chi connectivity index (χ3v) is 5.92. The number of ether oxygens (including phenoxy) is 1. The summed E-state index contributed by atoms with van der Waals surface area (Å²) >= 11 is 0. The third-order valence-electron chi connectivity index (χ3n) is 5.92. The molecule has 7 heteroatoms. The molecule has 2 heterocycles. The number of carbonyl (C=O) groups is 3. The highest BCUT2D eigenvalue weighted by Gasteiger charge is 2.49. The van der Waals surface area contributed by atoms with Crippen molar-refractivity contribution in [3.63, 3.8) is 0 Å². The van der Waals surface area contributed by atoms with Gasteiger partial charge in [-0.1, -0.05) is 12.1 Å².